The van der Waals surface area contributed by atoms with Gasteiger partial charge in [0.25, 0.3) is 6.43 Å². The predicted octanol–water partition coefficient (Wildman–Crippen LogP) is 2.97. The summed E-state index contributed by atoms with van der Waals surface area (Å²) >= 11 is 0.657. The Kier molecular flexibility index (Phi) is 5.78. The minimum Gasteiger partial charge on any atom is -0.475 e. The van der Waals surface area contributed by atoms with E-state index in [4.69, 9.17) is 4.74 Å². The smallest absolute Gasteiger partial charge is 0.291 e. The molecule has 0 amide bonds. The predicted molar refractivity (Wildman–Crippen MR) is 130 cm³/mol. The van der Waals surface area contributed by atoms with Crippen molar-refractivity contribution >= 4 is 43.3 Å². The Balaban J connectivity index is 1.50. The monoisotopic (exact) mass is 557 g/mol. The van der Waals surface area contributed by atoms with Crippen LogP contribution in [-0.4, -0.2) is 55.1 Å². The zero-order valence-electron chi connectivity index (χ0n) is 19.3. The number of aromatic nitrogens is 7. The quantitative estimate of drug-likeness (QED) is 0.288. The first-order chi connectivity index (χ1) is 18.3. The molecule has 0 bridgehead atoms. The third kappa shape index (κ3) is 4.23. The summed E-state index contributed by atoms with van der Waals surface area (Å²) in [6.45, 7) is 0.668. The molecule has 1 saturated carbocycles. The van der Waals surface area contributed by atoms with E-state index in [0.29, 0.717) is 47.0 Å². The number of nitrogens with zero attached hydrogens (tertiary/aromatic N) is 8. The minimum absolute atomic E-state index is 0.0692. The zero-order valence-corrected chi connectivity index (χ0v) is 21.0. The third-order valence-corrected chi connectivity index (χ3v) is 8.46. The van der Waals surface area contributed by atoms with E-state index in [-0.39, 0.29) is 28.2 Å². The van der Waals surface area contributed by atoms with Crippen LogP contribution in [-0.2, 0) is 16.6 Å². The van der Waals surface area contributed by atoms with Crippen LogP contribution in [0.4, 0.5) is 8.78 Å². The number of nitrogens with one attached hydrogen (secondary N) is 1. The summed E-state index contributed by atoms with van der Waals surface area (Å²) in [5, 5.41) is 21.5. The number of hydrogen-bond acceptors (Lipinski definition) is 10. The maximum absolute atomic E-state index is 13.3. The molecule has 1 fully saturated rings. The van der Waals surface area contributed by atoms with E-state index in [1.165, 1.54) is 23.0 Å². The number of nitriles is 1. The molecule has 0 radical (unpaired) electrons. The molecule has 12 nitrogen and oxygen atoms in total. The molecule has 0 atom stereocenters. The molecule has 16 heteroatoms. The van der Waals surface area contributed by atoms with Crippen LogP contribution in [0.3, 0.4) is 0 Å². The normalized spacial score (nSPS) is 14.8. The van der Waals surface area contributed by atoms with Crippen molar-refractivity contribution in [2.24, 2.45) is 0 Å². The van der Waals surface area contributed by atoms with Gasteiger partial charge < -0.3 is 4.74 Å². The standard InChI is InChI=1S/C22H17F2N9O3S2/c23-17(24)20-29-30-21(37-20)33-15-10-13(38(34,35)31-22(11-25)4-5-22)2-3-14(15)16-18(33)26-12-27-19(16)36-9-8-32-7-1-6-28-32/h1-3,6-7,10,12,17,31H,4-5,8-9H2. The fraction of sp³-hybridized carbons (Fsp3) is 0.273. The largest absolute Gasteiger partial charge is 0.475 e. The van der Waals surface area contributed by atoms with E-state index in [2.05, 4.69) is 30.0 Å². The lowest BCUT2D eigenvalue weighted by Gasteiger charge is -2.10. The molecule has 0 saturated heterocycles. The molecule has 0 aliphatic heterocycles. The fourth-order valence-corrected chi connectivity index (χ4v) is 6.12. The molecule has 1 aliphatic carbocycles. The maximum atomic E-state index is 13.3. The van der Waals surface area contributed by atoms with E-state index in [9.17, 15) is 22.5 Å². The second-order valence-corrected chi connectivity index (χ2v) is 11.2. The first kappa shape index (κ1) is 24.3. The third-order valence-electron chi connectivity index (χ3n) is 6.01. The van der Waals surface area contributed by atoms with Crippen molar-refractivity contribution < 1.29 is 21.9 Å². The SMILES string of the molecule is N#CC1(NS(=O)(=O)c2ccc3c4c(OCCn5cccn5)ncnc4n(-c4nnc(C(F)F)s4)c3c2)CC1. The van der Waals surface area contributed by atoms with Gasteiger partial charge in [0.05, 0.1) is 28.4 Å². The van der Waals surface area contributed by atoms with Crippen LogP contribution >= 0.6 is 11.3 Å². The topological polar surface area (TPSA) is 154 Å². The van der Waals surface area contributed by atoms with E-state index in [1.807, 2.05) is 6.07 Å². The van der Waals surface area contributed by atoms with Crippen molar-refractivity contribution in [3.05, 3.63) is 48.0 Å². The van der Waals surface area contributed by atoms with Gasteiger partial charge in [-0.1, -0.05) is 17.4 Å². The number of sulfonamides is 1. The van der Waals surface area contributed by atoms with E-state index in [1.54, 1.807) is 29.2 Å². The highest BCUT2D eigenvalue weighted by Gasteiger charge is 2.46. The second kappa shape index (κ2) is 9.04. The van der Waals surface area contributed by atoms with Crippen molar-refractivity contribution in [1.82, 2.24) is 39.2 Å². The molecule has 5 aromatic rings. The number of alkyl halides is 2. The number of ether oxygens (including phenoxy) is 1. The van der Waals surface area contributed by atoms with E-state index < -0.39 is 27.0 Å². The highest BCUT2D eigenvalue weighted by molar-refractivity contribution is 7.89. The van der Waals surface area contributed by atoms with Crippen LogP contribution in [0.1, 0.15) is 24.3 Å². The Hall–Kier alpha value is -4.07. The lowest BCUT2D eigenvalue weighted by Crippen LogP contribution is -2.35. The Labute approximate surface area is 217 Å². The average Bonchev–Trinajstić information content (AvgIpc) is 3.27. The summed E-state index contributed by atoms with van der Waals surface area (Å²) in [6.07, 6.45) is 2.70. The van der Waals surface area contributed by atoms with Crippen molar-refractivity contribution in [1.29, 1.82) is 5.26 Å². The summed E-state index contributed by atoms with van der Waals surface area (Å²) in [5.41, 5.74) is -0.522. The van der Waals surface area contributed by atoms with Gasteiger partial charge in [-0.3, -0.25) is 9.25 Å². The number of fused-ring (bicyclic) bond motifs is 3. The summed E-state index contributed by atoms with van der Waals surface area (Å²) in [6, 6.07) is 8.12. The maximum Gasteiger partial charge on any atom is 0.291 e. The summed E-state index contributed by atoms with van der Waals surface area (Å²) < 4.78 is 64.4. The summed E-state index contributed by atoms with van der Waals surface area (Å²) in [7, 11) is -4.07. The van der Waals surface area contributed by atoms with Crippen LogP contribution in [0.5, 0.6) is 5.88 Å². The Morgan fingerprint density at radius 3 is 2.79 bits per heavy atom. The molecule has 0 spiro atoms. The van der Waals surface area contributed by atoms with E-state index in [0.717, 1.165) is 0 Å². The van der Waals surface area contributed by atoms with Crippen molar-refractivity contribution in [3.8, 4) is 17.1 Å². The van der Waals surface area contributed by atoms with Crippen LogP contribution in [0.2, 0.25) is 0 Å². The molecular formula is C22H17F2N9O3S2. The van der Waals surface area contributed by atoms with Gasteiger partial charge in [-0.25, -0.2) is 27.2 Å². The van der Waals surface area contributed by atoms with Crippen molar-refractivity contribution in [3.63, 3.8) is 0 Å². The lowest BCUT2D eigenvalue weighted by molar-refractivity contribution is 0.150. The lowest BCUT2D eigenvalue weighted by atomic mass is 10.2. The molecule has 38 heavy (non-hydrogen) atoms. The minimum atomic E-state index is -4.07. The van der Waals surface area contributed by atoms with Crippen LogP contribution in [0.25, 0.3) is 27.1 Å². The number of rotatable bonds is 9. The number of hydrogen-bond donors (Lipinski definition) is 1. The van der Waals surface area contributed by atoms with E-state index >= 15 is 0 Å². The number of benzene rings is 1. The van der Waals surface area contributed by atoms with Gasteiger partial charge >= 0.3 is 0 Å². The molecule has 1 aromatic carbocycles. The van der Waals surface area contributed by atoms with Gasteiger partial charge in [-0.15, -0.1) is 10.2 Å². The van der Waals surface area contributed by atoms with Crippen molar-refractivity contribution in [2.75, 3.05) is 6.61 Å². The Bertz CT molecular complexity index is 1810. The highest BCUT2D eigenvalue weighted by Crippen LogP contribution is 2.39. The molecule has 4 heterocycles. The first-order valence-electron chi connectivity index (χ1n) is 11.3. The van der Waals surface area contributed by atoms with Crippen LogP contribution < -0.4 is 9.46 Å². The van der Waals surface area contributed by atoms with Gasteiger partial charge in [-0.2, -0.15) is 15.1 Å². The van der Waals surface area contributed by atoms with Crippen molar-refractivity contribution in [2.45, 2.75) is 36.2 Å². The fourth-order valence-electron chi connectivity index (χ4n) is 4.01. The Morgan fingerprint density at radius 1 is 1.26 bits per heavy atom. The molecule has 1 N–H and O–H groups in total. The number of halogens is 2. The van der Waals surface area contributed by atoms with Gasteiger partial charge in [0.15, 0.2) is 10.7 Å². The summed E-state index contributed by atoms with van der Waals surface area (Å²) in [4.78, 5) is 8.49. The second-order valence-electron chi connectivity index (χ2n) is 8.53. The molecule has 1 aliphatic rings. The van der Waals surface area contributed by atoms with Gasteiger partial charge in [0.1, 0.15) is 18.5 Å². The van der Waals surface area contributed by atoms with Gasteiger partial charge in [0, 0.05) is 17.8 Å². The molecule has 6 rings (SSSR count). The molecule has 0 unspecified atom stereocenters. The summed E-state index contributed by atoms with van der Waals surface area (Å²) in [5.74, 6) is 0.222. The van der Waals surface area contributed by atoms with Gasteiger partial charge in [0.2, 0.25) is 21.0 Å². The van der Waals surface area contributed by atoms with Crippen LogP contribution in [0.15, 0.2) is 47.9 Å². The van der Waals surface area contributed by atoms with Crippen LogP contribution in [0, 0.1) is 11.3 Å². The highest BCUT2D eigenvalue weighted by atomic mass is 32.2. The Morgan fingerprint density at radius 2 is 2.11 bits per heavy atom. The molecular weight excluding hydrogens is 540 g/mol. The zero-order chi connectivity index (χ0) is 26.5. The molecule has 4 aromatic heterocycles. The van der Waals surface area contributed by atoms with Gasteiger partial charge in [-0.05, 0) is 31.0 Å². The average molecular weight is 558 g/mol. The first-order valence-corrected chi connectivity index (χ1v) is 13.6. The molecule has 194 valence electrons.